The molecule has 0 fully saturated rings. The summed E-state index contributed by atoms with van der Waals surface area (Å²) in [6.07, 6.45) is 17.9. The van der Waals surface area contributed by atoms with E-state index < -0.39 is 10.1 Å². The van der Waals surface area contributed by atoms with Crippen molar-refractivity contribution in [3.63, 3.8) is 0 Å². The summed E-state index contributed by atoms with van der Waals surface area (Å²) in [5, 5.41) is 0.880. The Balaban J connectivity index is -0.00000180. The fraction of sp³-hybridized carbons (Fsp3) is 0.875. The van der Waals surface area contributed by atoms with Crippen LogP contribution in [0.25, 0.3) is 0 Å². The first kappa shape index (κ1) is 24.5. The van der Waals surface area contributed by atoms with Gasteiger partial charge in [0.1, 0.15) is 0 Å². The van der Waals surface area contributed by atoms with Crippen LogP contribution in [0.2, 0.25) is 0 Å². The van der Waals surface area contributed by atoms with Crippen molar-refractivity contribution < 1.29 is 65.8 Å². The molecule has 0 saturated carbocycles. The van der Waals surface area contributed by atoms with Gasteiger partial charge in [0.2, 0.25) is 0 Å². The molecule has 0 aromatic heterocycles. The van der Waals surface area contributed by atoms with Crippen molar-refractivity contribution in [2.24, 2.45) is 0 Å². The van der Waals surface area contributed by atoms with Crippen LogP contribution in [0.1, 0.15) is 91.8 Å². The van der Waals surface area contributed by atoms with Gasteiger partial charge in [-0.25, -0.2) is 0 Å². The summed E-state index contributed by atoms with van der Waals surface area (Å²) in [7, 11) is -3.92. The predicted molar refractivity (Wildman–Crippen MR) is 87.5 cm³/mol. The van der Waals surface area contributed by atoms with E-state index in [-0.39, 0.29) is 52.8 Å². The van der Waals surface area contributed by atoms with Crippen molar-refractivity contribution in [2.75, 3.05) is 0 Å². The van der Waals surface area contributed by atoms with Gasteiger partial charge in [0.25, 0.3) is 10.1 Å². The van der Waals surface area contributed by atoms with Crippen LogP contribution in [0.5, 0.6) is 0 Å². The van der Waals surface area contributed by atoms with E-state index in [2.05, 4.69) is 6.92 Å². The second kappa shape index (κ2) is 17.6. The Kier molecular flexibility index (Phi) is 20.6. The summed E-state index contributed by atoms with van der Waals surface area (Å²) < 4.78 is 29.3. The average molecular weight is 345 g/mol. The third kappa shape index (κ3) is 23.7. The molecule has 0 aromatic rings. The standard InChI is InChI=1S/C16H32O3S.K.H/c1-2-3-4-5-6-7-8-9-10-11-12-13-14-15-16-20(17,18)19;;/h15-16H,2-14H2,1H3,(H,17,18,19);;/q;+1;-1. The second-order valence-electron chi connectivity index (χ2n) is 5.56. The zero-order chi connectivity index (χ0) is 15.1. The van der Waals surface area contributed by atoms with Gasteiger partial charge >= 0.3 is 51.4 Å². The number of hydrogen-bond donors (Lipinski definition) is 1. The van der Waals surface area contributed by atoms with E-state index in [1.54, 1.807) is 0 Å². The summed E-state index contributed by atoms with van der Waals surface area (Å²) in [6.45, 7) is 2.25. The summed E-state index contributed by atoms with van der Waals surface area (Å²) in [6, 6.07) is 0. The first-order chi connectivity index (χ1) is 9.56. The maximum Gasteiger partial charge on any atom is 1.00 e. The van der Waals surface area contributed by atoms with Crippen LogP contribution < -0.4 is 51.4 Å². The van der Waals surface area contributed by atoms with Crippen molar-refractivity contribution in [3.05, 3.63) is 11.5 Å². The zero-order valence-electron chi connectivity index (χ0n) is 15.0. The Hall–Kier alpha value is 1.29. The molecule has 0 rings (SSSR count). The van der Waals surface area contributed by atoms with E-state index in [1.807, 2.05) is 0 Å². The molecule has 1 N–H and O–H groups in total. The molecule has 0 bridgehead atoms. The Labute approximate surface area is 176 Å². The van der Waals surface area contributed by atoms with E-state index in [0.29, 0.717) is 0 Å². The maximum absolute atomic E-state index is 10.4. The van der Waals surface area contributed by atoms with Gasteiger partial charge in [-0.3, -0.25) is 4.55 Å². The molecule has 0 atom stereocenters. The zero-order valence-corrected chi connectivity index (χ0v) is 18.0. The minimum Gasteiger partial charge on any atom is -1.00 e. The number of allylic oxidation sites excluding steroid dienone is 1. The maximum atomic E-state index is 10.4. The van der Waals surface area contributed by atoms with Crippen molar-refractivity contribution in [1.82, 2.24) is 0 Å². The van der Waals surface area contributed by atoms with Crippen LogP contribution in [0.3, 0.4) is 0 Å². The smallest absolute Gasteiger partial charge is 1.00 e. The molecular formula is C16H33KO3S. The van der Waals surface area contributed by atoms with Gasteiger partial charge in [-0.15, -0.1) is 0 Å². The van der Waals surface area contributed by atoms with Crippen molar-refractivity contribution >= 4 is 10.1 Å². The molecule has 21 heavy (non-hydrogen) atoms. The van der Waals surface area contributed by atoms with Crippen LogP contribution in [-0.4, -0.2) is 13.0 Å². The average Bonchev–Trinajstić information content (AvgIpc) is 2.38. The van der Waals surface area contributed by atoms with Gasteiger partial charge in [-0.2, -0.15) is 8.42 Å². The fourth-order valence-corrected chi connectivity index (χ4v) is 2.67. The van der Waals surface area contributed by atoms with Crippen LogP contribution in [-0.2, 0) is 10.1 Å². The molecule has 0 aliphatic heterocycles. The van der Waals surface area contributed by atoms with Crippen molar-refractivity contribution in [3.8, 4) is 0 Å². The van der Waals surface area contributed by atoms with Crippen molar-refractivity contribution in [2.45, 2.75) is 90.4 Å². The predicted octanol–water partition coefficient (Wildman–Crippen LogP) is 2.60. The minimum atomic E-state index is -3.92. The summed E-state index contributed by atoms with van der Waals surface area (Å²) in [4.78, 5) is 0. The quantitative estimate of drug-likeness (QED) is 0.299. The van der Waals surface area contributed by atoms with Gasteiger partial charge < -0.3 is 1.43 Å². The molecule has 3 nitrogen and oxygen atoms in total. The number of hydrogen-bond acceptors (Lipinski definition) is 2. The Bertz CT molecular complexity index is 332. The molecule has 0 heterocycles. The molecule has 0 amide bonds. The van der Waals surface area contributed by atoms with E-state index in [1.165, 1.54) is 70.3 Å². The van der Waals surface area contributed by atoms with E-state index in [9.17, 15) is 8.42 Å². The SMILES string of the molecule is CCCCCCCCCCCCCCC=CS(=O)(=O)O.[H-].[K+]. The van der Waals surface area contributed by atoms with Crippen LogP contribution >= 0.6 is 0 Å². The molecule has 0 aliphatic rings. The largest absolute Gasteiger partial charge is 1.00 e. The Morgan fingerprint density at radius 3 is 1.57 bits per heavy atom. The molecule has 0 spiro atoms. The fourth-order valence-electron chi connectivity index (χ4n) is 2.29. The monoisotopic (exact) mass is 344 g/mol. The van der Waals surface area contributed by atoms with Gasteiger partial charge in [-0.1, -0.05) is 83.6 Å². The Morgan fingerprint density at radius 2 is 1.19 bits per heavy atom. The van der Waals surface area contributed by atoms with Crippen LogP contribution in [0.4, 0.5) is 0 Å². The van der Waals surface area contributed by atoms with Crippen LogP contribution in [0.15, 0.2) is 11.5 Å². The third-order valence-electron chi connectivity index (χ3n) is 3.49. The molecular weight excluding hydrogens is 311 g/mol. The van der Waals surface area contributed by atoms with Gasteiger partial charge in [0.05, 0.1) is 5.41 Å². The summed E-state index contributed by atoms with van der Waals surface area (Å²) in [5.74, 6) is 0. The topological polar surface area (TPSA) is 54.4 Å². The molecule has 0 aromatic carbocycles. The Morgan fingerprint density at radius 1 is 0.810 bits per heavy atom. The van der Waals surface area contributed by atoms with E-state index in [4.69, 9.17) is 4.55 Å². The van der Waals surface area contributed by atoms with E-state index in [0.717, 1.165) is 24.7 Å². The van der Waals surface area contributed by atoms with Crippen molar-refractivity contribution in [1.29, 1.82) is 0 Å². The molecule has 0 unspecified atom stereocenters. The van der Waals surface area contributed by atoms with Crippen LogP contribution in [0, 0.1) is 0 Å². The number of rotatable bonds is 14. The summed E-state index contributed by atoms with van der Waals surface area (Å²) >= 11 is 0. The molecule has 0 radical (unpaired) electrons. The van der Waals surface area contributed by atoms with Gasteiger partial charge in [0, 0.05) is 0 Å². The molecule has 5 heteroatoms. The normalized spacial score (nSPS) is 11.7. The van der Waals surface area contributed by atoms with Gasteiger partial charge in [-0.05, 0) is 12.8 Å². The number of unbranched alkanes of at least 4 members (excludes halogenated alkanes) is 12. The second-order valence-corrected chi connectivity index (χ2v) is 6.87. The van der Waals surface area contributed by atoms with E-state index >= 15 is 0 Å². The molecule has 0 saturated heterocycles. The molecule has 122 valence electrons. The first-order valence-corrected chi connectivity index (χ1v) is 9.70. The van der Waals surface area contributed by atoms with Gasteiger partial charge in [0.15, 0.2) is 0 Å². The third-order valence-corrected chi connectivity index (χ3v) is 4.03. The molecule has 0 aliphatic carbocycles. The minimum absolute atomic E-state index is 0. The first-order valence-electron chi connectivity index (χ1n) is 8.20. The summed E-state index contributed by atoms with van der Waals surface area (Å²) in [5.41, 5.74) is 0.